The van der Waals surface area contributed by atoms with Crippen LogP contribution in [0.15, 0.2) is 24.3 Å². The van der Waals surface area contributed by atoms with Crippen molar-refractivity contribution >= 4 is 29.3 Å². The van der Waals surface area contributed by atoms with Gasteiger partial charge in [-0.25, -0.2) is 4.79 Å². The van der Waals surface area contributed by atoms with Crippen LogP contribution in [0.3, 0.4) is 0 Å². The van der Waals surface area contributed by atoms with Crippen molar-refractivity contribution in [2.45, 2.75) is 64.7 Å². The SMILES string of the molecule is CC(C)(C)OC(=O)CN1C(=O)[C@](N)(C(=O)OC(C)(C)C)CC(=O)c2ccccc21. The molecule has 2 N–H and O–H groups in total. The molecule has 0 aromatic heterocycles. The van der Waals surface area contributed by atoms with E-state index in [1.165, 1.54) is 12.1 Å². The Morgan fingerprint density at radius 1 is 1.03 bits per heavy atom. The van der Waals surface area contributed by atoms with Crippen molar-refractivity contribution in [2.75, 3.05) is 11.4 Å². The largest absolute Gasteiger partial charge is 0.459 e. The lowest BCUT2D eigenvalue weighted by Crippen LogP contribution is -2.62. The van der Waals surface area contributed by atoms with Crippen molar-refractivity contribution < 1.29 is 28.7 Å². The highest BCUT2D eigenvalue weighted by Crippen LogP contribution is 2.32. The van der Waals surface area contributed by atoms with Gasteiger partial charge in [-0.2, -0.15) is 0 Å². The number of para-hydroxylation sites is 1. The first-order valence-electron chi connectivity index (χ1n) is 9.32. The maximum Gasteiger partial charge on any atom is 0.336 e. The molecular formula is C21H28N2O6. The topological polar surface area (TPSA) is 116 Å². The van der Waals surface area contributed by atoms with Crippen molar-refractivity contribution in [1.82, 2.24) is 0 Å². The maximum atomic E-state index is 13.3. The van der Waals surface area contributed by atoms with Crippen LogP contribution in [0, 0.1) is 0 Å². The van der Waals surface area contributed by atoms with Gasteiger partial charge in [-0.3, -0.25) is 19.3 Å². The van der Waals surface area contributed by atoms with Crippen LogP contribution in [0.5, 0.6) is 0 Å². The molecule has 0 bridgehead atoms. The quantitative estimate of drug-likeness (QED) is 0.605. The molecule has 1 amide bonds. The third-order valence-electron chi connectivity index (χ3n) is 4.03. The predicted octanol–water partition coefficient (Wildman–Crippen LogP) is 1.99. The van der Waals surface area contributed by atoms with Gasteiger partial charge in [0.25, 0.3) is 5.91 Å². The van der Waals surface area contributed by atoms with Crippen LogP contribution >= 0.6 is 0 Å². The van der Waals surface area contributed by atoms with Gasteiger partial charge in [-0.05, 0) is 53.7 Å². The highest BCUT2D eigenvalue weighted by atomic mass is 16.6. The third-order valence-corrected chi connectivity index (χ3v) is 4.03. The second kappa shape index (κ2) is 7.59. The van der Waals surface area contributed by atoms with Gasteiger partial charge in [-0.1, -0.05) is 12.1 Å². The Kier molecular flexibility index (Phi) is 5.90. The summed E-state index contributed by atoms with van der Waals surface area (Å²) in [7, 11) is 0. The summed E-state index contributed by atoms with van der Waals surface area (Å²) in [6, 6.07) is 6.30. The molecule has 1 aromatic carbocycles. The number of nitrogens with zero attached hydrogens (tertiary/aromatic N) is 1. The summed E-state index contributed by atoms with van der Waals surface area (Å²) in [4.78, 5) is 52.4. The molecule has 8 nitrogen and oxygen atoms in total. The van der Waals surface area contributed by atoms with Crippen LogP contribution in [0.4, 0.5) is 5.69 Å². The number of fused-ring (bicyclic) bond motifs is 1. The van der Waals surface area contributed by atoms with Gasteiger partial charge in [0.15, 0.2) is 5.78 Å². The van der Waals surface area contributed by atoms with Crippen LogP contribution in [0.1, 0.15) is 58.3 Å². The fraction of sp³-hybridized carbons (Fsp3) is 0.524. The monoisotopic (exact) mass is 404 g/mol. The number of carbonyl (C=O) groups is 4. The van der Waals surface area contributed by atoms with Crippen molar-refractivity contribution in [1.29, 1.82) is 0 Å². The second-order valence-electron chi connectivity index (χ2n) is 9.07. The van der Waals surface area contributed by atoms with Gasteiger partial charge in [0.1, 0.15) is 17.7 Å². The van der Waals surface area contributed by atoms with Crippen LogP contribution < -0.4 is 10.6 Å². The van der Waals surface area contributed by atoms with E-state index in [-0.39, 0.29) is 11.3 Å². The summed E-state index contributed by atoms with van der Waals surface area (Å²) in [6.07, 6.45) is -0.567. The van der Waals surface area contributed by atoms with Gasteiger partial charge in [-0.15, -0.1) is 0 Å². The number of anilines is 1. The van der Waals surface area contributed by atoms with E-state index in [4.69, 9.17) is 15.2 Å². The number of amides is 1. The Bertz CT molecular complexity index is 849. The molecule has 0 saturated carbocycles. The normalized spacial score (nSPS) is 20.0. The Morgan fingerprint density at radius 3 is 2.14 bits per heavy atom. The highest BCUT2D eigenvalue weighted by molar-refractivity contribution is 6.22. The third kappa shape index (κ3) is 5.20. The molecule has 29 heavy (non-hydrogen) atoms. The minimum Gasteiger partial charge on any atom is -0.459 e. The van der Waals surface area contributed by atoms with E-state index in [1.807, 2.05) is 0 Å². The fourth-order valence-electron chi connectivity index (χ4n) is 2.91. The predicted molar refractivity (Wildman–Crippen MR) is 106 cm³/mol. The first-order chi connectivity index (χ1) is 13.1. The second-order valence-corrected chi connectivity index (χ2v) is 9.07. The fourth-order valence-corrected chi connectivity index (χ4v) is 2.91. The van der Waals surface area contributed by atoms with Crippen molar-refractivity contribution in [3.63, 3.8) is 0 Å². The molecule has 0 unspecified atom stereocenters. The van der Waals surface area contributed by atoms with Gasteiger partial charge < -0.3 is 15.2 Å². The van der Waals surface area contributed by atoms with Crippen molar-refractivity contribution in [3.8, 4) is 0 Å². The molecule has 2 rings (SSSR count). The molecule has 0 aliphatic carbocycles. The smallest absolute Gasteiger partial charge is 0.336 e. The van der Waals surface area contributed by atoms with Gasteiger partial charge in [0.2, 0.25) is 5.54 Å². The summed E-state index contributed by atoms with van der Waals surface area (Å²) in [5, 5.41) is 0. The van der Waals surface area contributed by atoms with Crippen LogP contribution in [0.25, 0.3) is 0 Å². The van der Waals surface area contributed by atoms with Gasteiger partial charge in [0.05, 0.1) is 5.69 Å². The molecule has 1 aliphatic rings. The van der Waals surface area contributed by atoms with E-state index in [0.717, 1.165) is 4.90 Å². The highest BCUT2D eigenvalue weighted by Gasteiger charge is 2.52. The molecule has 158 valence electrons. The number of carbonyl (C=O) groups excluding carboxylic acids is 4. The molecule has 0 radical (unpaired) electrons. The lowest BCUT2D eigenvalue weighted by Gasteiger charge is -2.32. The summed E-state index contributed by atoms with van der Waals surface area (Å²) in [5.74, 6) is -3.10. The molecule has 0 fully saturated rings. The zero-order chi connectivity index (χ0) is 22.2. The zero-order valence-electron chi connectivity index (χ0n) is 17.7. The van der Waals surface area contributed by atoms with E-state index in [2.05, 4.69) is 0 Å². The average molecular weight is 404 g/mol. The number of esters is 2. The molecule has 0 saturated heterocycles. The first kappa shape index (κ1) is 22.5. The van der Waals surface area contributed by atoms with Gasteiger partial charge in [0, 0.05) is 12.0 Å². The summed E-state index contributed by atoms with van der Waals surface area (Å²) >= 11 is 0. The number of rotatable bonds is 3. The summed E-state index contributed by atoms with van der Waals surface area (Å²) in [6.45, 7) is 9.48. The molecule has 1 heterocycles. The Labute approximate surface area is 170 Å². The number of hydrogen-bond donors (Lipinski definition) is 1. The zero-order valence-corrected chi connectivity index (χ0v) is 17.7. The number of benzene rings is 1. The Hall–Kier alpha value is -2.74. The Balaban J connectivity index is 2.51. The Morgan fingerprint density at radius 2 is 1.59 bits per heavy atom. The lowest BCUT2D eigenvalue weighted by molar-refractivity contribution is -0.164. The van der Waals surface area contributed by atoms with Crippen LogP contribution in [0.2, 0.25) is 0 Å². The number of Topliss-reactive ketones (excluding diaryl/α,β-unsaturated/α-hetero) is 1. The standard InChI is InChI=1S/C21H28N2O6/c1-19(2,3)28-16(25)12-23-14-10-8-7-9-13(14)15(24)11-21(22,17(23)26)18(27)29-20(4,5)6/h7-10H,11-12,22H2,1-6H3/t21-/m0/s1. The number of hydrogen-bond acceptors (Lipinski definition) is 7. The first-order valence-corrected chi connectivity index (χ1v) is 9.32. The number of nitrogens with two attached hydrogens (primary N) is 1. The van der Waals surface area contributed by atoms with E-state index < -0.39 is 53.3 Å². The number of ketones is 1. The average Bonchev–Trinajstić information content (AvgIpc) is 2.62. The van der Waals surface area contributed by atoms with E-state index in [1.54, 1.807) is 53.7 Å². The lowest BCUT2D eigenvalue weighted by atomic mass is 9.91. The maximum absolute atomic E-state index is 13.3. The molecule has 1 aliphatic heterocycles. The van der Waals surface area contributed by atoms with Crippen molar-refractivity contribution in [2.24, 2.45) is 5.73 Å². The van der Waals surface area contributed by atoms with Crippen LogP contribution in [-0.4, -0.2) is 46.9 Å². The molecule has 1 aromatic rings. The van der Waals surface area contributed by atoms with Crippen LogP contribution in [-0.2, 0) is 23.9 Å². The van der Waals surface area contributed by atoms with Gasteiger partial charge >= 0.3 is 11.9 Å². The van der Waals surface area contributed by atoms with E-state index >= 15 is 0 Å². The minimum absolute atomic E-state index is 0.195. The minimum atomic E-state index is -2.26. The van der Waals surface area contributed by atoms with Crippen molar-refractivity contribution in [3.05, 3.63) is 29.8 Å². The molecule has 8 heteroatoms. The summed E-state index contributed by atoms with van der Waals surface area (Å²) in [5.41, 5.74) is 2.63. The van der Waals surface area contributed by atoms with E-state index in [0.29, 0.717) is 0 Å². The molecule has 1 atom stereocenters. The van der Waals surface area contributed by atoms with E-state index in [9.17, 15) is 19.2 Å². The molecular weight excluding hydrogens is 376 g/mol. The number of ether oxygens (including phenoxy) is 2. The molecule has 0 spiro atoms. The summed E-state index contributed by atoms with van der Waals surface area (Å²) < 4.78 is 10.6.